The smallest absolute Gasteiger partial charge is 0.261 e. The second-order valence-electron chi connectivity index (χ2n) is 5.19. The van der Waals surface area contributed by atoms with E-state index in [-0.39, 0.29) is 18.4 Å². The Balaban J connectivity index is 1.86. The van der Waals surface area contributed by atoms with E-state index in [0.717, 1.165) is 37.9 Å². The standard InChI is InChI=1S/C15H22N2O2S/c1-3-12-11(2)9-13(20-12)15(19)16-10-14(18)17-7-5-4-6-8-17/h9H,3-8,10H2,1-2H3,(H,16,19). The summed E-state index contributed by atoms with van der Waals surface area (Å²) < 4.78 is 0. The van der Waals surface area contributed by atoms with Gasteiger partial charge in [0.25, 0.3) is 5.91 Å². The molecule has 5 heteroatoms. The van der Waals surface area contributed by atoms with Crippen molar-refractivity contribution in [2.24, 2.45) is 0 Å². The molecule has 2 rings (SSSR count). The topological polar surface area (TPSA) is 49.4 Å². The summed E-state index contributed by atoms with van der Waals surface area (Å²) in [6, 6.07) is 1.91. The molecule has 0 aromatic carbocycles. The third kappa shape index (κ3) is 3.60. The van der Waals surface area contributed by atoms with E-state index < -0.39 is 0 Å². The highest BCUT2D eigenvalue weighted by molar-refractivity contribution is 7.14. The summed E-state index contributed by atoms with van der Waals surface area (Å²) in [7, 11) is 0. The van der Waals surface area contributed by atoms with Crippen LogP contribution in [0.1, 0.15) is 46.3 Å². The number of rotatable bonds is 4. The quantitative estimate of drug-likeness (QED) is 0.927. The van der Waals surface area contributed by atoms with Crippen molar-refractivity contribution in [1.29, 1.82) is 0 Å². The van der Waals surface area contributed by atoms with E-state index >= 15 is 0 Å². The largest absolute Gasteiger partial charge is 0.342 e. The number of hydrogen-bond donors (Lipinski definition) is 1. The van der Waals surface area contributed by atoms with E-state index in [2.05, 4.69) is 12.2 Å². The zero-order valence-electron chi connectivity index (χ0n) is 12.2. The van der Waals surface area contributed by atoms with Gasteiger partial charge in [-0.2, -0.15) is 0 Å². The number of carbonyl (C=O) groups is 2. The molecule has 0 atom stereocenters. The molecular formula is C15H22N2O2S. The Kier molecular flexibility index (Phi) is 5.17. The van der Waals surface area contributed by atoms with E-state index in [9.17, 15) is 9.59 Å². The van der Waals surface area contributed by atoms with Crippen LogP contribution < -0.4 is 5.32 Å². The van der Waals surface area contributed by atoms with Gasteiger partial charge in [0.2, 0.25) is 5.91 Å². The number of nitrogens with one attached hydrogen (secondary N) is 1. The number of thiophene rings is 1. The zero-order chi connectivity index (χ0) is 14.5. The fraction of sp³-hybridized carbons (Fsp3) is 0.600. The summed E-state index contributed by atoms with van der Waals surface area (Å²) in [6.07, 6.45) is 4.29. The van der Waals surface area contributed by atoms with Gasteiger partial charge < -0.3 is 10.2 Å². The fourth-order valence-electron chi connectivity index (χ4n) is 2.48. The number of aryl methyl sites for hydroxylation is 2. The molecule has 20 heavy (non-hydrogen) atoms. The second-order valence-corrected chi connectivity index (χ2v) is 6.33. The Hall–Kier alpha value is -1.36. The van der Waals surface area contributed by atoms with Gasteiger partial charge in [-0.1, -0.05) is 6.92 Å². The lowest BCUT2D eigenvalue weighted by atomic mass is 10.1. The van der Waals surface area contributed by atoms with E-state index in [1.54, 1.807) is 0 Å². The minimum absolute atomic E-state index is 0.0297. The molecule has 2 amide bonds. The lowest BCUT2D eigenvalue weighted by Gasteiger charge is -2.26. The lowest BCUT2D eigenvalue weighted by molar-refractivity contribution is -0.130. The van der Waals surface area contributed by atoms with Crippen LogP contribution in [0.15, 0.2) is 6.07 Å². The molecule has 1 aliphatic rings. The highest BCUT2D eigenvalue weighted by atomic mass is 32.1. The van der Waals surface area contributed by atoms with Crippen molar-refractivity contribution in [3.05, 3.63) is 21.4 Å². The molecule has 0 radical (unpaired) electrons. The van der Waals surface area contributed by atoms with Crippen LogP contribution in [0.3, 0.4) is 0 Å². The van der Waals surface area contributed by atoms with Gasteiger partial charge in [0.1, 0.15) is 0 Å². The van der Waals surface area contributed by atoms with Crippen molar-refractivity contribution < 1.29 is 9.59 Å². The Labute approximate surface area is 124 Å². The lowest BCUT2D eigenvalue weighted by Crippen LogP contribution is -2.42. The molecule has 0 spiro atoms. The van der Waals surface area contributed by atoms with E-state index in [0.29, 0.717) is 4.88 Å². The fourth-order valence-corrected chi connectivity index (χ4v) is 3.51. The molecule has 2 heterocycles. The zero-order valence-corrected chi connectivity index (χ0v) is 13.0. The average Bonchev–Trinajstić information content (AvgIpc) is 2.86. The number of hydrogen-bond acceptors (Lipinski definition) is 3. The van der Waals surface area contributed by atoms with Crippen molar-refractivity contribution in [2.75, 3.05) is 19.6 Å². The highest BCUT2D eigenvalue weighted by Gasteiger charge is 2.18. The first kappa shape index (κ1) is 15.0. The molecule has 1 aliphatic heterocycles. The Bertz CT molecular complexity index is 490. The van der Waals surface area contributed by atoms with Crippen LogP contribution in [0.2, 0.25) is 0 Å². The number of likely N-dealkylation sites (tertiary alicyclic amines) is 1. The Morgan fingerprint density at radius 2 is 2.00 bits per heavy atom. The van der Waals surface area contributed by atoms with Gasteiger partial charge in [0, 0.05) is 18.0 Å². The van der Waals surface area contributed by atoms with Crippen LogP contribution in [0, 0.1) is 6.92 Å². The Morgan fingerprint density at radius 1 is 1.30 bits per heavy atom. The third-order valence-corrected chi connectivity index (χ3v) is 5.05. The van der Waals surface area contributed by atoms with Crippen LogP contribution in [0.25, 0.3) is 0 Å². The van der Waals surface area contributed by atoms with Gasteiger partial charge in [-0.3, -0.25) is 9.59 Å². The van der Waals surface area contributed by atoms with Crippen molar-refractivity contribution in [2.45, 2.75) is 39.5 Å². The maximum Gasteiger partial charge on any atom is 0.261 e. The first-order valence-electron chi connectivity index (χ1n) is 7.27. The van der Waals surface area contributed by atoms with Gasteiger partial charge in [0.05, 0.1) is 11.4 Å². The molecule has 1 aromatic rings. The third-order valence-electron chi connectivity index (χ3n) is 3.67. The predicted octanol–water partition coefficient (Wildman–Crippen LogP) is 2.36. The van der Waals surface area contributed by atoms with Crippen LogP contribution in [0.5, 0.6) is 0 Å². The molecule has 0 saturated carbocycles. The number of carbonyl (C=O) groups excluding carboxylic acids is 2. The molecule has 1 N–H and O–H groups in total. The van der Waals surface area contributed by atoms with E-state index in [1.807, 2.05) is 17.9 Å². The summed E-state index contributed by atoms with van der Waals surface area (Å²) in [5, 5.41) is 2.74. The van der Waals surface area contributed by atoms with E-state index in [1.165, 1.54) is 22.6 Å². The minimum Gasteiger partial charge on any atom is -0.342 e. The summed E-state index contributed by atoms with van der Waals surface area (Å²) in [4.78, 5) is 27.8. The van der Waals surface area contributed by atoms with E-state index in [4.69, 9.17) is 0 Å². The van der Waals surface area contributed by atoms with Crippen molar-refractivity contribution in [3.63, 3.8) is 0 Å². The number of piperidine rings is 1. The molecule has 110 valence electrons. The van der Waals surface area contributed by atoms with Crippen LogP contribution in [-0.2, 0) is 11.2 Å². The molecular weight excluding hydrogens is 272 g/mol. The van der Waals surface area contributed by atoms with Gasteiger partial charge >= 0.3 is 0 Å². The van der Waals surface area contributed by atoms with Crippen LogP contribution in [-0.4, -0.2) is 36.3 Å². The summed E-state index contributed by atoms with van der Waals surface area (Å²) in [5.74, 6) is -0.106. The SMILES string of the molecule is CCc1sc(C(=O)NCC(=O)N2CCCCC2)cc1C. The molecule has 0 aliphatic carbocycles. The molecule has 4 nitrogen and oxygen atoms in total. The molecule has 0 bridgehead atoms. The number of nitrogens with zero attached hydrogens (tertiary/aromatic N) is 1. The van der Waals surface area contributed by atoms with Crippen molar-refractivity contribution in [3.8, 4) is 0 Å². The summed E-state index contributed by atoms with van der Waals surface area (Å²) >= 11 is 1.52. The first-order chi connectivity index (χ1) is 9.61. The Morgan fingerprint density at radius 3 is 2.60 bits per heavy atom. The van der Waals surface area contributed by atoms with Gasteiger partial charge in [-0.05, 0) is 44.2 Å². The van der Waals surface area contributed by atoms with Crippen LogP contribution in [0.4, 0.5) is 0 Å². The summed E-state index contributed by atoms with van der Waals surface area (Å²) in [6.45, 7) is 5.86. The molecule has 1 saturated heterocycles. The predicted molar refractivity (Wildman–Crippen MR) is 81.2 cm³/mol. The monoisotopic (exact) mass is 294 g/mol. The van der Waals surface area contributed by atoms with Gasteiger partial charge in [-0.15, -0.1) is 11.3 Å². The molecule has 1 aromatic heterocycles. The average molecular weight is 294 g/mol. The molecule has 1 fully saturated rings. The number of amides is 2. The van der Waals surface area contributed by atoms with Gasteiger partial charge in [-0.25, -0.2) is 0 Å². The van der Waals surface area contributed by atoms with Gasteiger partial charge in [0.15, 0.2) is 0 Å². The van der Waals surface area contributed by atoms with Crippen molar-refractivity contribution in [1.82, 2.24) is 10.2 Å². The highest BCUT2D eigenvalue weighted by Crippen LogP contribution is 2.22. The maximum atomic E-state index is 12.0. The normalized spacial score (nSPS) is 15.2. The minimum atomic E-state index is -0.136. The molecule has 0 unspecified atom stereocenters. The first-order valence-corrected chi connectivity index (χ1v) is 8.08. The maximum absolute atomic E-state index is 12.0. The van der Waals surface area contributed by atoms with Crippen molar-refractivity contribution >= 4 is 23.2 Å². The van der Waals surface area contributed by atoms with Crippen LogP contribution >= 0.6 is 11.3 Å². The second kappa shape index (κ2) is 6.88. The summed E-state index contributed by atoms with van der Waals surface area (Å²) in [5.41, 5.74) is 1.16.